The molecule has 53 heavy (non-hydrogen) atoms. The zero-order valence-electron chi connectivity index (χ0n) is 30.3. The molecule has 15 nitrogen and oxygen atoms in total. The minimum Gasteiger partial charge on any atom is -0.491 e. The molecule has 2 aliphatic heterocycles. The molecule has 2 saturated carbocycles. The summed E-state index contributed by atoms with van der Waals surface area (Å²) in [6.45, 7) is 11.6. The summed E-state index contributed by atoms with van der Waals surface area (Å²) >= 11 is 8.18. The number of hydrogen-bond donors (Lipinski definition) is 2. The third kappa shape index (κ3) is 8.71. The molecule has 0 radical (unpaired) electrons. The lowest BCUT2D eigenvalue weighted by Crippen LogP contribution is -2.57. The van der Waals surface area contributed by atoms with Crippen molar-refractivity contribution in [2.45, 2.75) is 77.7 Å². The standard InChI is InChI=1S/C36H46ClN7O8S/c1-19-41-42-35(53-19)52-28-17-27(24-5-6-26(29(37)30(24)39-28)49-12-9-43-7-10-48-11-8-43)50-23-16-25(32(38)45)44(18-23)33(46)31(36(2,3)4)40-34(47)51-22-14-20-13-21(20)15-22/h5-6,17,20-23,25,31H,7-16,18H2,1-4H3,(H2,38,45)(H,40,47)/t20-,21+,22?,23-,25+,31-/m1/s1. The molecular weight excluding hydrogens is 726 g/mol. The van der Waals surface area contributed by atoms with Crippen LogP contribution in [-0.4, -0.2) is 113 Å². The molecule has 1 unspecified atom stereocenters. The Kier molecular flexibility index (Phi) is 10.8. The predicted octanol–water partition coefficient (Wildman–Crippen LogP) is 4.32. The Bertz CT molecular complexity index is 1840. The lowest BCUT2D eigenvalue weighted by atomic mass is 9.85. The number of aryl methyl sites for hydroxylation is 1. The molecular formula is C36H46ClN7O8S. The second kappa shape index (κ2) is 15.4. The summed E-state index contributed by atoms with van der Waals surface area (Å²) in [5, 5.41) is 12.7. The number of carbonyl (C=O) groups is 3. The molecule has 2 saturated heterocycles. The minimum absolute atomic E-state index is 0.0355. The van der Waals surface area contributed by atoms with E-state index < -0.39 is 41.5 Å². The van der Waals surface area contributed by atoms with Crippen LogP contribution in [0.2, 0.25) is 5.02 Å². The highest BCUT2D eigenvalue weighted by atomic mass is 35.5. The van der Waals surface area contributed by atoms with Gasteiger partial charge in [-0.15, -0.1) is 5.10 Å². The number of aromatic nitrogens is 3. The van der Waals surface area contributed by atoms with Crippen LogP contribution < -0.4 is 25.3 Å². The van der Waals surface area contributed by atoms with Crippen LogP contribution in [0.4, 0.5) is 4.79 Å². The first-order chi connectivity index (χ1) is 25.3. The summed E-state index contributed by atoms with van der Waals surface area (Å²) in [6, 6.07) is 3.22. The number of fused-ring (bicyclic) bond motifs is 2. The quantitative estimate of drug-likeness (QED) is 0.267. The van der Waals surface area contributed by atoms with E-state index in [1.54, 1.807) is 18.2 Å². The number of nitrogens with one attached hydrogen (secondary N) is 1. The van der Waals surface area contributed by atoms with Crippen LogP contribution in [0.5, 0.6) is 22.6 Å². The normalized spacial score (nSPS) is 24.8. The molecule has 3 amide bonds. The molecule has 4 fully saturated rings. The number of rotatable bonds is 12. The fourth-order valence-electron chi connectivity index (χ4n) is 7.42. The smallest absolute Gasteiger partial charge is 0.408 e. The Hall–Kier alpha value is -3.99. The van der Waals surface area contributed by atoms with Crippen molar-refractivity contribution >= 4 is 51.7 Å². The highest BCUT2D eigenvalue weighted by Gasteiger charge is 2.48. The number of alkyl carbamates (subject to hydrolysis) is 1. The summed E-state index contributed by atoms with van der Waals surface area (Å²) in [5.74, 6) is 1.11. The summed E-state index contributed by atoms with van der Waals surface area (Å²) in [6.07, 6.45) is 1.58. The molecule has 3 N–H and O–H groups in total. The molecule has 3 aromatic rings. The van der Waals surface area contributed by atoms with Gasteiger partial charge in [0.2, 0.25) is 17.7 Å². The van der Waals surface area contributed by atoms with Gasteiger partial charge >= 0.3 is 11.3 Å². The second-order valence-corrected chi connectivity index (χ2v) is 16.8. The number of amides is 3. The number of primary amides is 1. The molecule has 1 aromatic carbocycles. The van der Waals surface area contributed by atoms with Gasteiger partial charge in [-0.3, -0.25) is 14.5 Å². The molecule has 17 heteroatoms. The van der Waals surface area contributed by atoms with Crippen LogP contribution in [0.1, 0.15) is 51.5 Å². The number of nitrogens with two attached hydrogens (primary N) is 1. The van der Waals surface area contributed by atoms with E-state index in [0.29, 0.717) is 65.6 Å². The number of morpholine rings is 1. The molecule has 7 rings (SSSR count). The van der Waals surface area contributed by atoms with Crippen LogP contribution in [0, 0.1) is 24.2 Å². The van der Waals surface area contributed by atoms with Gasteiger partial charge in [0.05, 0.1) is 19.8 Å². The second-order valence-electron chi connectivity index (χ2n) is 15.3. The average Bonchev–Trinajstić information content (AvgIpc) is 3.39. The number of halogens is 1. The number of carbonyl (C=O) groups excluding carboxylic acids is 3. The van der Waals surface area contributed by atoms with E-state index in [1.807, 2.05) is 27.7 Å². The number of hydrogen-bond acceptors (Lipinski definition) is 13. The molecule has 0 bridgehead atoms. The van der Waals surface area contributed by atoms with Crippen LogP contribution in [-0.2, 0) is 19.1 Å². The summed E-state index contributed by atoms with van der Waals surface area (Å²) in [5.41, 5.74) is 5.53. The van der Waals surface area contributed by atoms with Crippen molar-refractivity contribution in [1.29, 1.82) is 0 Å². The SMILES string of the molecule is Cc1nnc(Oc2cc(O[C@@H]3C[C@@H](C(N)=O)N(C(=O)[C@@H](NC(=O)OC4C[C@@H]5C[C@@H]5C4)C(C)(C)C)C3)c3ccc(OCCN4CCOCC4)c(Cl)c3n2)s1. The van der Waals surface area contributed by atoms with E-state index in [2.05, 4.69) is 25.4 Å². The third-order valence-corrected chi connectivity index (χ3v) is 11.4. The van der Waals surface area contributed by atoms with Gasteiger partial charge in [-0.1, -0.05) is 48.8 Å². The van der Waals surface area contributed by atoms with Gasteiger partial charge in [-0.2, -0.15) is 0 Å². The van der Waals surface area contributed by atoms with Gasteiger partial charge < -0.3 is 39.6 Å². The van der Waals surface area contributed by atoms with Crippen molar-refractivity contribution in [3.8, 4) is 22.6 Å². The molecule has 6 atom stereocenters. The first kappa shape index (κ1) is 37.3. The van der Waals surface area contributed by atoms with Crippen LogP contribution in [0.3, 0.4) is 0 Å². The lowest BCUT2D eigenvalue weighted by Gasteiger charge is -2.35. The van der Waals surface area contributed by atoms with Crippen LogP contribution >= 0.6 is 22.9 Å². The third-order valence-electron chi connectivity index (χ3n) is 10.3. The van der Waals surface area contributed by atoms with E-state index in [0.717, 1.165) is 25.9 Å². The Labute approximate surface area is 316 Å². The maximum absolute atomic E-state index is 14.2. The number of likely N-dealkylation sites (tertiary alicyclic amines) is 1. The molecule has 4 heterocycles. The maximum atomic E-state index is 14.2. The Morgan fingerprint density at radius 1 is 1.08 bits per heavy atom. The van der Waals surface area contributed by atoms with Gasteiger partial charge in [-0.25, -0.2) is 9.78 Å². The van der Waals surface area contributed by atoms with E-state index in [4.69, 9.17) is 41.0 Å². The van der Waals surface area contributed by atoms with Gasteiger partial charge in [0.15, 0.2) is 0 Å². The Balaban J connectivity index is 1.11. The molecule has 286 valence electrons. The van der Waals surface area contributed by atoms with Crippen molar-refractivity contribution < 1.29 is 38.1 Å². The first-order valence-corrected chi connectivity index (χ1v) is 19.3. The van der Waals surface area contributed by atoms with Crippen LogP contribution in [0.15, 0.2) is 18.2 Å². The van der Waals surface area contributed by atoms with Gasteiger partial charge in [0, 0.05) is 37.5 Å². The fraction of sp³-hybridized carbons (Fsp3) is 0.611. The highest BCUT2D eigenvalue weighted by molar-refractivity contribution is 7.13. The van der Waals surface area contributed by atoms with Crippen molar-refractivity contribution in [3.05, 3.63) is 28.2 Å². The predicted molar refractivity (Wildman–Crippen MR) is 195 cm³/mol. The van der Waals surface area contributed by atoms with Crippen molar-refractivity contribution in [1.82, 2.24) is 30.3 Å². The molecule has 2 aliphatic carbocycles. The van der Waals surface area contributed by atoms with Crippen LogP contribution in [0.25, 0.3) is 10.9 Å². The average molecular weight is 772 g/mol. The summed E-state index contributed by atoms with van der Waals surface area (Å²) in [7, 11) is 0. The molecule has 0 spiro atoms. The fourth-order valence-corrected chi connectivity index (χ4v) is 8.22. The zero-order chi connectivity index (χ0) is 37.4. The zero-order valence-corrected chi connectivity index (χ0v) is 31.9. The Morgan fingerprint density at radius 3 is 2.51 bits per heavy atom. The van der Waals surface area contributed by atoms with Crippen molar-refractivity contribution in [2.24, 2.45) is 23.0 Å². The van der Waals surface area contributed by atoms with Crippen molar-refractivity contribution in [2.75, 3.05) is 46.0 Å². The number of pyridine rings is 1. The topological polar surface area (TPSA) is 181 Å². The number of ether oxygens (including phenoxy) is 5. The maximum Gasteiger partial charge on any atom is 0.408 e. The number of benzene rings is 1. The largest absolute Gasteiger partial charge is 0.491 e. The van der Waals surface area contributed by atoms with Gasteiger partial charge in [-0.05, 0) is 55.6 Å². The first-order valence-electron chi connectivity index (χ1n) is 18.1. The highest BCUT2D eigenvalue weighted by Crippen LogP contribution is 2.52. The minimum atomic E-state index is -0.982. The number of nitrogens with zero attached hydrogens (tertiary/aromatic N) is 5. The summed E-state index contributed by atoms with van der Waals surface area (Å²) in [4.78, 5) is 48.3. The van der Waals surface area contributed by atoms with E-state index in [1.165, 1.54) is 22.7 Å². The van der Waals surface area contributed by atoms with Gasteiger partial charge in [0.25, 0.3) is 0 Å². The van der Waals surface area contributed by atoms with E-state index >= 15 is 0 Å². The monoisotopic (exact) mass is 771 g/mol. The van der Waals surface area contributed by atoms with Gasteiger partial charge in [0.1, 0.15) is 57.9 Å². The van der Waals surface area contributed by atoms with E-state index in [-0.39, 0.29) is 35.2 Å². The molecule has 4 aliphatic rings. The summed E-state index contributed by atoms with van der Waals surface area (Å²) < 4.78 is 29.8. The van der Waals surface area contributed by atoms with E-state index in [9.17, 15) is 14.4 Å². The van der Waals surface area contributed by atoms with Crippen molar-refractivity contribution in [3.63, 3.8) is 0 Å². The molecule has 2 aromatic heterocycles. The lowest BCUT2D eigenvalue weighted by molar-refractivity contribution is -0.141. The Morgan fingerprint density at radius 2 is 1.83 bits per heavy atom.